The molecule has 1 aliphatic carbocycles. The summed E-state index contributed by atoms with van der Waals surface area (Å²) in [6, 6.07) is 3.35. The van der Waals surface area contributed by atoms with Crippen LogP contribution in [0, 0.1) is 0 Å². The quantitative estimate of drug-likeness (QED) is 0.721. The van der Waals surface area contributed by atoms with E-state index < -0.39 is 6.10 Å². The Bertz CT molecular complexity index is 809. The third kappa shape index (κ3) is 4.49. The summed E-state index contributed by atoms with van der Waals surface area (Å²) < 4.78 is 1.94. The zero-order valence-electron chi connectivity index (χ0n) is 16.7. The molecule has 0 saturated heterocycles. The van der Waals surface area contributed by atoms with Gasteiger partial charge in [-0.05, 0) is 31.2 Å². The maximum atomic E-state index is 11.9. The zero-order chi connectivity index (χ0) is 19.4. The molecule has 0 aromatic carbocycles. The number of nitrogens with one attached hydrogen (secondary N) is 1. The van der Waals surface area contributed by atoms with Crippen LogP contribution in [0.5, 0.6) is 0 Å². The highest BCUT2D eigenvalue weighted by Crippen LogP contribution is 2.33. The second-order valence-electron chi connectivity index (χ2n) is 7.98. The first-order valence-electron chi connectivity index (χ1n) is 10.4. The Morgan fingerprint density at radius 1 is 1.26 bits per heavy atom. The molecular weight excluding hydrogens is 340 g/mol. The number of aromatic amines is 1. The summed E-state index contributed by atoms with van der Waals surface area (Å²) in [5.74, 6) is 1.77. The lowest BCUT2D eigenvalue weighted by Crippen LogP contribution is -2.29. The van der Waals surface area contributed by atoms with Crippen LogP contribution in [0.1, 0.15) is 89.2 Å². The number of H-pyrrole nitrogens is 1. The second-order valence-corrected chi connectivity index (χ2v) is 7.98. The van der Waals surface area contributed by atoms with Crippen molar-refractivity contribution in [2.75, 3.05) is 0 Å². The van der Waals surface area contributed by atoms with Crippen LogP contribution in [-0.2, 0) is 6.42 Å². The smallest absolute Gasteiger partial charge is 0.248 e. The minimum Gasteiger partial charge on any atom is -0.391 e. The van der Waals surface area contributed by atoms with Gasteiger partial charge in [-0.25, -0.2) is 9.67 Å². The predicted octanol–water partition coefficient (Wildman–Crippen LogP) is 3.97. The SMILES string of the molecule is CCCCCc1nc(-c2ccc(=O)[nH]c2C(C)C)n([C@@H]2CCCC[C@H]2O)n1. The highest BCUT2D eigenvalue weighted by atomic mass is 16.3. The lowest BCUT2D eigenvalue weighted by Gasteiger charge is -2.28. The largest absolute Gasteiger partial charge is 0.391 e. The van der Waals surface area contributed by atoms with Gasteiger partial charge in [-0.3, -0.25) is 4.79 Å². The monoisotopic (exact) mass is 372 g/mol. The standard InChI is InChI=1S/C21H32N4O2/c1-4-5-6-11-18-22-21(15-12-13-19(27)23-20(15)14(2)3)25(24-18)16-9-7-8-10-17(16)26/h12-14,16-17,26H,4-11H2,1-3H3,(H,23,27)/t16-,17-/m1/s1. The van der Waals surface area contributed by atoms with Crippen LogP contribution in [0.3, 0.4) is 0 Å². The van der Waals surface area contributed by atoms with Gasteiger partial charge in [-0.1, -0.05) is 46.5 Å². The first-order chi connectivity index (χ1) is 13.0. The molecule has 0 unspecified atom stereocenters. The number of pyridine rings is 1. The first kappa shape index (κ1) is 19.8. The summed E-state index contributed by atoms with van der Waals surface area (Å²) in [5, 5.41) is 15.4. The molecule has 2 aromatic rings. The summed E-state index contributed by atoms with van der Waals surface area (Å²) in [4.78, 5) is 19.7. The summed E-state index contributed by atoms with van der Waals surface area (Å²) in [7, 11) is 0. The van der Waals surface area contributed by atoms with Crippen LogP contribution in [-0.4, -0.2) is 31.0 Å². The van der Waals surface area contributed by atoms with E-state index in [0.717, 1.165) is 74.3 Å². The fourth-order valence-corrected chi connectivity index (χ4v) is 3.94. The molecule has 1 saturated carbocycles. The maximum absolute atomic E-state index is 11.9. The summed E-state index contributed by atoms with van der Waals surface area (Å²) in [6.07, 6.45) is 7.69. The molecule has 2 atom stereocenters. The zero-order valence-corrected chi connectivity index (χ0v) is 16.7. The fourth-order valence-electron chi connectivity index (χ4n) is 3.94. The van der Waals surface area contributed by atoms with Gasteiger partial charge >= 0.3 is 0 Å². The maximum Gasteiger partial charge on any atom is 0.248 e. The molecule has 2 aromatic heterocycles. The van der Waals surface area contributed by atoms with Crippen molar-refractivity contribution < 1.29 is 5.11 Å². The molecule has 0 radical (unpaired) electrons. The van der Waals surface area contributed by atoms with Crippen molar-refractivity contribution in [3.63, 3.8) is 0 Å². The number of unbranched alkanes of at least 4 members (excludes halogenated alkanes) is 2. The number of aliphatic hydroxyl groups excluding tert-OH is 1. The van der Waals surface area contributed by atoms with Crippen molar-refractivity contribution in [3.05, 3.63) is 34.0 Å². The first-order valence-corrected chi connectivity index (χ1v) is 10.4. The van der Waals surface area contributed by atoms with Gasteiger partial charge in [0.25, 0.3) is 0 Å². The van der Waals surface area contributed by atoms with Crippen molar-refractivity contribution in [1.82, 2.24) is 19.7 Å². The van der Waals surface area contributed by atoms with Crippen LogP contribution in [0.15, 0.2) is 16.9 Å². The molecule has 6 nitrogen and oxygen atoms in total. The molecule has 148 valence electrons. The summed E-state index contributed by atoms with van der Waals surface area (Å²) in [6.45, 7) is 6.31. The number of aromatic nitrogens is 4. The molecule has 1 aliphatic rings. The van der Waals surface area contributed by atoms with Gasteiger partial charge in [0.05, 0.1) is 12.1 Å². The number of rotatable bonds is 7. The van der Waals surface area contributed by atoms with Gasteiger partial charge in [0.15, 0.2) is 11.6 Å². The molecule has 27 heavy (non-hydrogen) atoms. The van der Waals surface area contributed by atoms with E-state index in [0.29, 0.717) is 0 Å². The molecule has 2 heterocycles. The van der Waals surface area contributed by atoms with E-state index in [9.17, 15) is 9.90 Å². The minimum atomic E-state index is -0.395. The highest BCUT2D eigenvalue weighted by Gasteiger charge is 2.29. The molecular formula is C21H32N4O2. The average molecular weight is 373 g/mol. The van der Waals surface area contributed by atoms with E-state index in [-0.39, 0.29) is 17.5 Å². The lowest BCUT2D eigenvalue weighted by molar-refractivity contribution is 0.0700. The molecule has 0 bridgehead atoms. The normalized spacial score (nSPS) is 20.3. The van der Waals surface area contributed by atoms with E-state index in [1.54, 1.807) is 6.07 Å². The van der Waals surface area contributed by atoms with Gasteiger partial charge in [0.1, 0.15) is 0 Å². The van der Waals surface area contributed by atoms with E-state index in [1.807, 2.05) is 10.7 Å². The van der Waals surface area contributed by atoms with Crippen molar-refractivity contribution in [2.45, 2.75) is 90.2 Å². The minimum absolute atomic E-state index is 0.0480. The second kappa shape index (κ2) is 8.83. The Morgan fingerprint density at radius 3 is 2.74 bits per heavy atom. The molecule has 1 fully saturated rings. The van der Waals surface area contributed by atoms with Crippen molar-refractivity contribution >= 4 is 0 Å². The van der Waals surface area contributed by atoms with Crippen molar-refractivity contribution in [1.29, 1.82) is 0 Å². The number of aryl methyl sites for hydroxylation is 1. The van der Waals surface area contributed by atoms with Crippen molar-refractivity contribution in [3.8, 4) is 11.4 Å². The van der Waals surface area contributed by atoms with E-state index in [1.165, 1.54) is 0 Å². The van der Waals surface area contributed by atoms with Crippen LogP contribution < -0.4 is 5.56 Å². The number of hydrogen-bond acceptors (Lipinski definition) is 4. The number of nitrogens with zero attached hydrogens (tertiary/aromatic N) is 3. The molecule has 2 N–H and O–H groups in total. The fraction of sp³-hybridized carbons (Fsp3) is 0.667. The van der Waals surface area contributed by atoms with E-state index in [4.69, 9.17) is 10.1 Å². The molecule has 0 spiro atoms. The van der Waals surface area contributed by atoms with Gasteiger partial charge in [-0.15, -0.1) is 0 Å². The number of aliphatic hydroxyl groups is 1. The topological polar surface area (TPSA) is 83.8 Å². The van der Waals surface area contributed by atoms with Crippen LogP contribution in [0.2, 0.25) is 0 Å². The average Bonchev–Trinajstić information content (AvgIpc) is 3.06. The summed E-state index contributed by atoms with van der Waals surface area (Å²) >= 11 is 0. The van der Waals surface area contributed by atoms with Crippen LogP contribution in [0.4, 0.5) is 0 Å². The van der Waals surface area contributed by atoms with Crippen LogP contribution in [0.25, 0.3) is 11.4 Å². The molecule has 0 aliphatic heterocycles. The van der Waals surface area contributed by atoms with Gasteiger partial charge in [0, 0.05) is 23.7 Å². The summed E-state index contributed by atoms with van der Waals surface area (Å²) in [5.41, 5.74) is 1.69. The predicted molar refractivity (Wildman–Crippen MR) is 107 cm³/mol. The molecule has 3 rings (SSSR count). The third-order valence-electron chi connectivity index (χ3n) is 5.45. The Balaban J connectivity index is 2.06. The Hall–Kier alpha value is -1.95. The third-order valence-corrected chi connectivity index (χ3v) is 5.45. The van der Waals surface area contributed by atoms with Gasteiger partial charge in [0.2, 0.25) is 5.56 Å². The van der Waals surface area contributed by atoms with Crippen LogP contribution >= 0.6 is 0 Å². The Morgan fingerprint density at radius 2 is 2.04 bits per heavy atom. The lowest BCUT2D eigenvalue weighted by atomic mass is 9.92. The number of hydrogen-bond donors (Lipinski definition) is 2. The highest BCUT2D eigenvalue weighted by molar-refractivity contribution is 5.59. The van der Waals surface area contributed by atoms with E-state index >= 15 is 0 Å². The van der Waals surface area contributed by atoms with Gasteiger partial charge < -0.3 is 10.1 Å². The Labute approximate surface area is 161 Å². The Kier molecular flexibility index (Phi) is 6.47. The molecule has 0 amide bonds. The van der Waals surface area contributed by atoms with Gasteiger partial charge in [-0.2, -0.15) is 5.10 Å². The van der Waals surface area contributed by atoms with E-state index in [2.05, 4.69) is 25.8 Å². The van der Waals surface area contributed by atoms with Crippen molar-refractivity contribution in [2.24, 2.45) is 0 Å². The molecule has 6 heteroatoms.